The quantitative estimate of drug-likeness (QED) is 0.528. The summed E-state index contributed by atoms with van der Waals surface area (Å²) >= 11 is 12.2. The third-order valence-electron chi connectivity index (χ3n) is 5.18. The van der Waals surface area contributed by atoms with Crippen LogP contribution in [-0.2, 0) is 10.0 Å². The van der Waals surface area contributed by atoms with Crippen molar-refractivity contribution in [3.8, 4) is 17.0 Å². The van der Waals surface area contributed by atoms with Gasteiger partial charge in [-0.1, -0.05) is 23.2 Å². The van der Waals surface area contributed by atoms with Crippen molar-refractivity contribution in [1.82, 2.24) is 14.5 Å². The lowest BCUT2D eigenvalue weighted by Crippen LogP contribution is -2.49. The van der Waals surface area contributed by atoms with E-state index in [1.165, 1.54) is 23.5 Å². The first kappa shape index (κ1) is 22.7. The molecule has 1 aliphatic heterocycles. The van der Waals surface area contributed by atoms with Crippen LogP contribution in [0.15, 0.2) is 53.4 Å². The number of aromatic nitrogens is 2. The highest BCUT2D eigenvalue weighted by molar-refractivity contribution is 7.89. The molecule has 168 valence electrons. The molecule has 0 bridgehead atoms. The Morgan fingerprint density at radius 2 is 1.72 bits per heavy atom. The predicted molar refractivity (Wildman–Crippen MR) is 121 cm³/mol. The van der Waals surface area contributed by atoms with Gasteiger partial charge in [-0.3, -0.25) is 0 Å². The first-order chi connectivity index (χ1) is 15.3. The molecule has 0 amide bonds. The van der Waals surface area contributed by atoms with Crippen LogP contribution in [0, 0.1) is 5.82 Å². The summed E-state index contributed by atoms with van der Waals surface area (Å²) in [5, 5.41) is 9.54. The molecule has 0 unspecified atom stereocenters. The van der Waals surface area contributed by atoms with Gasteiger partial charge in [0, 0.05) is 36.8 Å². The number of nitrogens with zero attached hydrogens (tertiary/aromatic N) is 4. The summed E-state index contributed by atoms with van der Waals surface area (Å²) in [5.41, 5.74) is 1.33. The molecule has 0 saturated carbocycles. The van der Waals surface area contributed by atoms with Crippen LogP contribution in [0.1, 0.15) is 0 Å². The lowest BCUT2D eigenvalue weighted by atomic mass is 10.1. The Kier molecular flexibility index (Phi) is 6.52. The minimum atomic E-state index is -3.82. The maximum Gasteiger partial charge on any atom is 0.243 e. The first-order valence-corrected chi connectivity index (χ1v) is 11.9. The van der Waals surface area contributed by atoms with E-state index in [4.69, 9.17) is 27.9 Å². The molecule has 1 saturated heterocycles. The van der Waals surface area contributed by atoms with Crippen molar-refractivity contribution < 1.29 is 17.5 Å². The second-order valence-corrected chi connectivity index (χ2v) is 9.87. The van der Waals surface area contributed by atoms with E-state index < -0.39 is 15.8 Å². The Morgan fingerprint density at radius 1 is 0.969 bits per heavy atom. The maximum absolute atomic E-state index is 14.0. The van der Waals surface area contributed by atoms with Crippen LogP contribution >= 0.6 is 23.2 Å². The maximum atomic E-state index is 14.0. The van der Waals surface area contributed by atoms with E-state index in [-0.39, 0.29) is 23.7 Å². The summed E-state index contributed by atoms with van der Waals surface area (Å²) in [4.78, 5) is 1.84. The van der Waals surface area contributed by atoms with Crippen molar-refractivity contribution in [2.75, 3.05) is 38.2 Å². The van der Waals surface area contributed by atoms with Gasteiger partial charge in [0.2, 0.25) is 10.0 Å². The van der Waals surface area contributed by atoms with Crippen LogP contribution in [0.3, 0.4) is 0 Å². The van der Waals surface area contributed by atoms with Crippen LogP contribution in [0.5, 0.6) is 5.75 Å². The summed E-state index contributed by atoms with van der Waals surface area (Å²) in [7, 11) is -2.49. The van der Waals surface area contributed by atoms with E-state index >= 15 is 0 Å². The average molecular weight is 497 g/mol. The largest absolute Gasteiger partial charge is 0.494 e. The molecule has 7 nitrogen and oxygen atoms in total. The van der Waals surface area contributed by atoms with E-state index in [1.807, 2.05) is 11.0 Å². The number of hydrogen-bond acceptors (Lipinski definition) is 6. The summed E-state index contributed by atoms with van der Waals surface area (Å²) in [6.07, 6.45) is 0. The van der Waals surface area contributed by atoms with Crippen LogP contribution in [0.4, 0.5) is 10.2 Å². The number of rotatable bonds is 5. The Bertz CT molecular complexity index is 1230. The van der Waals surface area contributed by atoms with E-state index in [9.17, 15) is 12.8 Å². The van der Waals surface area contributed by atoms with Gasteiger partial charge in [-0.2, -0.15) is 4.31 Å². The van der Waals surface area contributed by atoms with E-state index in [2.05, 4.69) is 10.2 Å². The van der Waals surface area contributed by atoms with Gasteiger partial charge < -0.3 is 9.64 Å². The lowest BCUT2D eigenvalue weighted by Gasteiger charge is -2.34. The number of hydrogen-bond donors (Lipinski definition) is 0. The van der Waals surface area contributed by atoms with Crippen molar-refractivity contribution >= 4 is 39.0 Å². The monoisotopic (exact) mass is 496 g/mol. The first-order valence-electron chi connectivity index (χ1n) is 9.67. The Labute approximate surface area is 195 Å². The third kappa shape index (κ3) is 4.52. The molecule has 2 heterocycles. The predicted octanol–water partition coefficient (Wildman–Crippen LogP) is 4.11. The van der Waals surface area contributed by atoms with Crippen LogP contribution < -0.4 is 9.64 Å². The number of ether oxygens (including phenoxy) is 1. The number of anilines is 1. The van der Waals surface area contributed by atoms with E-state index in [0.29, 0.717) is 34.6 Å². The Balaban J connectivity index is 1.45. The molecule has 0 aliphatic carbocycles. The smallest absolute Gasteiger partial charge is 0.243 e. The molecule has 32 heavy (non-hydrogen) atoms. The van der Waals surface area contributed by atoms with Gasteiger partial charge in [0.25, 0.3) is 0 Å². The highest BCUT2D eigenvalue weighted by atomic mass is 35.5. The second-order valence-electron chi connectivity index (χ2n) is 7.09. The van der Waals surface area contributed by atoms with Crippen molar-refractivity contribution in [3.05, 3.63) is 64.4 Å². The fourth-order valence-electron chi connectivity index (χ4n) is 3.45. The van der Waals surface area contributed by atoms with Gasteiger partial charge in [0.15, 0.2) is 17.4 Å². The van der Waals surface area contributed by atoms with Crippen LogP contribution in [-0.4, -0.2) is 56.2 Å². The van der Waals surface area contributed by atoms with Crippen molar-refractivity contribution in [2.24, 2.45) is 0 Å². The summed E-state index contributed by atoms with van der Waals surface area (Å²) in [6.45, 7) is 1.33. The van der Waals surface area contributed by atoms with E-state index in [0.717, 1.165) is 11.6 Å². The standard InChI is InChI=1S/C21H19Cl2FN4O3S/c1-31-20-6-3-15(13-18(20)24)32(29,30)28-10-8-27(9-11-28)21-7-5-19(25-26-21)16-4-2-14(22)12-17(16)23/h2-7,12-13H,8-11H2,1H3. The van der Waals surface area contributed by atoms with Crippen molar-refractivity contribution in [3.63, 3.8) is 0 Å². The zero-order valence-electron chi connectivity index (χ0n) is 17.0. The number of methoxy groups -OCH3 is 1. The highest BCUT2D eigenvalue weighted by Crippen LogP contribution is 2.30. The molecule has 1 fully saturated rings. The molecule has 0 radical (unpaired) electrons. The van der Waals surface area contributed by atoms with Crippen molar-refractivity contribution in [2.45, 2.75) is 4.90 Å². The fraction of sp³-hybridized carbons (Fsp3) is 0.238. The number of halogens is 3. The Morgan fingerprint density at radius 3 is 2.31 bits per heavy atom. The molecule has 2 aromatic carbocycles. The third-order valence-corrected chi connectivity index (χ3v) is 7.62. The SMILES string of the molecule is COc1ccc(S(=O)(=O)N2CCN(c3ccc(-c4ccc(Cl)cc4Cl)nn3)CC2)cc1F. The van der Waals surface area contributed by atoms with Crippen molar-refractivity contribution in [1.29, 1.82) is 0 Å². The van der Waals surface area contributed by atoms with Gasteiger partial charge in [-0.25, -0.2) is 12.8 Å². The van der Waals surface area contributed by atoms with Gasteiger partial charge in [0.05, 0.1) is 22.7 Å². The molecule has 3 aromatic rings. The molecule has 1 aromatic heterocycles. The zero-order chi connectivity index (χ0) is 22.9. The second kappa shape index (κ2) is 9.19. The highest BCUT2D eigenvalue weighted by Gasteiger charge is 2.29. The number of sulfonamides is 1. The van der Waals surface area contributed by atoms with Gasteiger partial charge in [-0.05, 0) is 48.5 Å². The van der Waals surface area contributed by atoms with Gasteiger partial charge >= 0.3 is 0 Å². The fourth-order valence-corrected chi connectivity index (χ4v) is 5.39. The minimum absolute atomic E-state index is 0.00400. The molecule has 0 spiro atoms. The average Bonchev–Trinajstić information content (AvgIpc) is 2.79. The summed E-state index contributed by atoms with van der Waals surface area (Å²) in [5.74, 6) is -0.0922. The summed E-state index contributed by atoms with van der Waals surface area (Å²) < 4.78 is 46.0. The summed E-state index contributed by atoms with van der Waals surface area (Å²) in [6, 6.07) is 12.4. The molecule has 4 rings (SSSR count). The van der Waals surface area contributed by atoms with Gasteiger partial charge in [0.1, 0.15) is 0 Å². The number of benzene rings is 2. The minimum Gasteiger partial charge on any atom is -0.494 e. The normalized spacial score (nSPS) is 15.1. The molecule has 11 heteroatoms. The zero-order valence-corrected chi connectivity index (χ0v) is 19.3. The van der Waals surface area contributed by atoms with Crippen LogP contribution in [0.25, 0.3) is 11.3 Å². The van der Waals surface area contributed by atoms with Gasteiger partial charge in [-0.15, -0.1) is 10.2 Å². The lowest BCUT2D eigenvalue weighted by molar-refractivity contribution is 0.379. The topological polar surface area (TPSA) is 75.6 Å². The molecule has 0 atom stereocenters. The molecular weight excluding hydrogens is 478 g/mol. The molecule has 0 N–H and O–H groups in total. The van der Waals surface area contributed by atoms with E-state index in [1.54, 1.807) is 24.3 Å². The Hall–Kier alpha value is -2.46. The van der Waals surface area contributed by atoms with Crippen LogP contribution in [0.2, 0.25) is 10.0 Å². The molecule has 1 aliphatic rings. The number of piperazine rings is 1. The molecular formula is C21H19Cl2FN4O3S.